The molecule has 0 bridgehead atoms. The van der Waals surface area contributed by atoms with Gasteiger partial charge in [0.15, 0.2) is 0 Å². The van der Waals surface area contributed by atoms with Crippen LogP contribution >= 0.6 is 0 Å². The zero-order valence-electron chi connectivity index (χ0n) is 20.0. The fourth-order valence-corrected chi connectivity index (χ4v) is 6.00. The molecule has 1 heterocycles. The molecule has 0 radical (unpaired) electrons. The van der Waals surface area contributed by atoms with Crippen molar-refractivity contribution in [3.05, 3.63) is 0 Å². The summed E-state index contributed by atoms with van der Waals surface area (Å²) in [5, 5.41) is 0. The third-order valence-electron chi connectivity index (χ3n) is 7.92. The fraction of sp³-hybridized carbons (Fsp3) is 1.00. The van der Waals surface area contributed by atoms with E-state index in [9.17, 15) is 0 Å². The molecule has 0 amide bonds. The van der Waals surface area contributed by atoms with E-state index in [-0.39, 0.29) is 0 Å². The third-order valence-corrected chi connectivity index (χ3v) is 7.92. The Morgan fingerprint density at radius 1 is 0.897 bits per heavy atom. The zero-order valence-corrected chi connectivity index (χ0v) is 20.0. The number of hydrogen-bond donors (Lipinski definition) is 2. The van der Waals surface area contributed by atoms with Crippen LogP contribution in [0.3, 0.4) is 0 Å². The molecule has 2 fully saturated rings. The highest BCUT2D eigenvalue weighted by Crippen LogP contribution is 2.45. The van der Waals surface area contributed by atoms with Gasteiger partial charge in [-0.1, -0.05) is 40.0 Å². The summed E-state index contributed by atoms with van der Waals surface area (Å²) in [5.41, 5.74) is 12.5. The van der Waals surface area contributed by atoms with E-state index in [1.54, 1.807) is 0 Å². The SMILES string of the molecule is CC(C)CCCN1CCN(C(CCN)CC(C)(CCCN)C2CCCCC2)CC1. The van der Waals surface area contributed by atoms with Gasteiger partial charge in [-0.3, -0.25) is 4.90 Å². The van der Waals surface area contributed by atoms with Gasteiger partial charge in [-0.05, 0) is 88.3 Å². The molecule has 2 atom stereocenters. The Hall–Kier alpha value is -0.160. The molecule has 172 valence electrons. The number of nitrogens with two attached hydrogens (primary N) is 2. The second-order valence-corrected chi connectivity index (χ2v) is 10.7. The van der Waals surface area contributed by atoms with Crippen molar-refractivity contribution in [1.82, 2.24) is 9.80 Å². The average Bonchev–Trinajstić information content (AvgIpc) is 2.73. The van der Waals surface area contributed by atoms with Crippen molar-refractivity contribution in [3.8, 4) is 0 Å². The average molecular weight is 409 g/mol. The fourth-order valence-electron chi connectivity index (χ4n) is 6.00. The van der Waals surface area contributed by atoms with Crippen molar-refractivity contribution in [2.75, 3.05) is 45.8 Å². The van der Waals surface area contributed by atoms with Crippen LogP contribution in [0.15, 0.2) is 0 Å². The lowest BCUT2D eigenvalue weighted by molar-refractivity contribution is 0.0337. The van der Waals surface area contributed by atoms with Crippen molar-refractivity contribution in [2.45, 2.75) is 97.4 Å². The van der Waals surface area contributed by atoms with Crippen molar-refractivity contribution in [1.29, 1.82) is 0 Å². The molecule has 0 spiro atoms. The standard InChI is InChI=1S/C25H52N4/c1-22(2)9-7-16-28-17-19-29(20-18-28)24(12-15-27)21-25(3,13-8-14-26)23-10-5-4-6-11-23/h22-24H,4-21,26-27H2,1-3H3. The van der Waals surface area contributed by atoms with Crippen molar-refractivity contribution >= 4 is 0 Å². The van der Waals surface area contributed by atoms with Gasteiger partial charge in [0.05, 0.1) is 0 Å². The van der Waals surface area contributed by atoms with Gasteiger partial charge in [0.2, 0.25) is 0 Å². The minimum absolute atomic E-state index is 0.439. The Morgan fingerprint density at radius 3 is 2.17 bits per heavy atom. The first kappa shape index (κ1) is 25.1. The Balaban J connectivity index is 1.92. The molecule has 2 aliphatic rings. The largest absolute Gasteiger partial charge is 0.330 e. The Kier molecular flexibility index (Phi) is 11.5. The molecule has 1 aliphatic carbocycles. The summed E-state index contributed by atoms with van der Waals surface area (Å²) >= 11 is 0. The van der Waals surface area contributed by atoms with Crippen LogP contribution < -0.4 is 11.5 Å². The minimum Gasteiger partial charge on any atom is -0.330 e. The van der Waals surface area contributed by atoms with E-state index in [0.717, 1.165) is 31.3 Å². The van der Waals surface area contributed by atoms with Crippen molar-refractivity contribution in [2.24, 2.45) is 28.7 Å². The molecular weight excluding hydrogens is 356 g/mol. The van der Waals surface area contributed by atoms with E-state index in [0.29, 0.717) is 11.5 Å². The Labute approximate surface area is 182 Å². The lowest BCUT2D eigenvalue weighted by atomic mass is 9.64. The minimum atomic E-state index is 0.439. The van der Waals surface area contributed by atoms with Crippen LogP contribution in [0.5, 0.6) is 0 Å². The molecule has 4 heteroatoms. The van der Waals surface area contributed by atoms with E-state index in [1.807, 2.05) is 0 Å². The molecular formula is C25H52N4. The maximum absolute atomic E-state index is 6.10. The normalized spacial score (nSPS) is 23.4. The second kappa shape index (κ2) is 13.3. The second-order valence-electron chi connectivity index (χ2n) is 10.7. The smallest absolute Gasteiger partial charge is 0.0114 e. The summed E-state index contributed by atoms with van der Waals surface area (Å²) in [5.74, 6) is 1.72. The van der Waals surface area contributed by atoms with Gasteiger partial charge in [0.25, 0.3) is 0 Å². The van der Waals surface area contributed by atoms with E-state index in [4.69, 9.17) is 11.5 Å². The molecule has 4 N–H and O–H groups in total. The summed E-state index contributed by atoms with van der Waals surface area (Å²) in [4.78, 5) is 5.47. The number of rotatable bonds is 13. The molecule has 1 saturated heterocycles. The summed E-state index contributed by atoms with van der Waals surface area (Å²) in [6.45, 7) is 15.1. The van der Waals surface area contributed by atoms with E-state index < -0.39 is 0 Å². The molecule has 1 aliphatic heterocycles. The molecule has 2 unspecified atom stereocenters. The van der Waals surface area contributed by atoms with Gasteiger partial charge in [0, 0.05) is 32.2 Å². The molecule has 1 saturated carbocycles. The highest BCUT2D eigenvalue weighted by Gasteiger charge is 2.38. The monoisotopic (exact) mass is 408 g/mol. The van der Waals surface area contributed by atoms with Crippen molar-refractivity contribution < 1.29 is 0 Å². The number of hydrogen-bond acceptors (Lipinski definition) is 4. The predicted octanol–water partition coefficient (Wildman–Crippen LogP) is 4.47. The predicted molar refractivity (Wildman–Crippen MR) is 127 cm³/mol. The lowest BCUT2D eigenvalue weighted by Crippen LogP contribution is -2.52. The summed E-state index contributed by atoms with van der Waals surface area (Å²) in [7, 11) is 0. The van der Waals surface area contributed by atoms with E-state index >= 15 is 0 Å². The molecule has 0 aromatic heterocycles. The van der Waals surface area contributed by atoms with Crippen LogP contribution in [0, 0.1) is 17.3 Å². The number of piperazine rings is 1. The van der Waals surface area contributed by atoms with Crippen molar-refractivity contribution in [3.63, 3.8) is 0 Å². The van der Waals surface area contributed by atoms with E-state index in [2.05, 4.69) is 30.6 Å². The van der Waals surface area contributed by atoms with Crippen LogP contribution in [-0.2, 0) is 0 Å². The van der Waals surface area contributed by atoms with Gasteiger partial charge >= 0.3 is 0 Å². The van der Waals surface area contributed by atoms with Gasteiger partial charge in [-0.15, -0.1) is 0 Å². The summed E-state index contributed by atoms with van der Waals surface area (Å²) in [6.07, 6.45) is 14.8. The van der Waals surface area contributed by atoms with Gasteiger partial charge in [0.1, 0.15) is 0 Å². The first-order chi connectivity index (χ1) is 14.0. The molecule has 0 aromatic rings. The van der Waals surface area contributed by atoms with Crippen LogP contribution in [0.4, 0.5) is 0 Å². The van der Waals surface area contributed by atoms with E-state index in [1.165, 1.54) is 96.9 Å². The highest BCUT2D eigenvalue weighted by atomic mass is 15.3. The first-order valence-electron chi connectivity index (χ1n) is 12.8. The Morgan fingerprint density at radius 2 is 1.59 bits per heavy atom. The highest BCUT2D eigenvalue weighted by molar-refractivity contribution is 4.91. The maximum Gasteiger partial charge on any atom is 0.0114 e. The topological polar surface area (TPSA) is 58.5 Å². The van der Waals surface area contributed by atoms with Crippen LogP contribution in [0.2, 0.25) is 0 Å². The quantitative estimate of drug-likeness (QED) is 0.472. The van der Waals surface area contributed by atoms with Crippen LogP contribution in [-0.4, -0.2) is 61.7 Å². The Bertz CT molecular complexity index is 413. The first-order valence-corrected chi connectivity index (χ1v) is 12.8. The molecule has 29 heavy (non-hydrogen) atoms. The third kappa shape index (κ3) is 8.47. The maximum atomic E-state index is 6.10. The van der Waals surface area contributed by atoms with Gasteiger partial charge in [-0.2, -0.15) is 0 Å². The molecule has 2 rings (SSSR count). The van der Waals surface area contributed by atoms with Gasteiger partial charge < -0.3 is 16.4 Å². The lowest BCUT2D eigenvalue weighted by Gasteiger charge is -2.46. The summed E-state index contributed by atoms with van der Waals surface area (Å²) in [6, 6.07) is 0.655. The van der Waals surface area contributed by atoms with Crippen LogP contribution in [0.25, 0.3) is 0 Å². The number of nitrogens with zero attached hydrogens (tertiary/aromatic N) is 2. The van der Waals surface area contributed by atoms with Crippen LogP contribution in [0.1, 0.15) is 91.4 Å². The summed E-state index contributed by atoms with van der Waals surface area (Å²) < 4.78 is 0. The molecule has 0 aromatic carbocycles. The zero-order chi connectivity index (χ0) is 21.1. The molecule has 4 nitrogen and oxygen atoms in total. The van der Waals surface area contributed by atoms with Gasteiger partial charge in [-0.25, -0.2) is 0 Å².